The maximum Gasteiger partial charge on any atom is 0.367 e. The van der Waals surface area contributed by atoms with Gasteiger partial charge in [0.1, 0.15) is 22.3 Å². The number of aromatic nitrogens is 4. The number of carbonyl (C=O) groups is 1. The molecule has 1 aromatic carbocycles. The molecule has 0 amide bonds. The summed E-state index contributed by atoms with van der Waals surface area (Å²) in [6.45, 7) is 2.82. The number of methoxy groups -OCH3 is 1. The molecule has 1 aliphatic carbocycles. The zero-order valence-electron chi connectivity index (χ0n) is 18.8. The normalized spacial score (nSPS) is 21.6. The van der Waals surface area contributed by atoms with Crippen LogP contribution in [0.2, 0.25) is 0 Å². The predicted octanol–water partition coefficient (Wildman–Crippen LogP) is 3.73. The summed E-state index contributed by atoms with van der Waals surface area (Å²) in [7, 11) is 1.32. The van der Waals surface area contributed by atoms with Gasteiger partial charge < -0.3 is 25.7 Å². The van der Waals surface area contributed by atoms with E-state index in [2.05, 4.69) is 20.2 Å². The van der Waals surface area contributed by atoms with Crippen LogP contribution in [0.3, 0.4) is 0 Å². The SMILES string of the molecule is CCc1cc(F)cc2c1[nH]c1nc(Nc3cnc(C(=O)OC)s3)nc(N3C[C@H]4C[C@@H]3C[C@H]4N)c12. The van der Waals surface area contributed by atoms with E-state index < -0.39 is 5.97 Å². The average Bonchev–Trinajstić information content (AvgIpc) is 3.60. The van der Waals surface area contributed by atoms with Gasteiger partial charge in [-0.2, -0.15) is 9.97 Å². The summed E-state index contributed by atoms with van der Waals surface area (Å²) in [5.41, 5.74) is 8.70. The Bertz CT molecular complexity index is 1430. The number of hydrogen-bond acceptors (Lipinski definition) is 9. The Balaban J connectivity index is 1.50. The molecule has 9 nitrogen and oxygen atoms in total. The molecule has 2 aliphatic rings. The standard InChI is InChI=1S/C23H24FN7O2S/c1-3-10-4-12(24)6-14-17-19(28-18(10)14)29-23(27-16-8-26-21(34-16)22(32)33-2)30-20(17)31-9-11-5-13(31)7-15(11)25/h4,6,8,11,13,15H,3,5,7,9,25H2,1-2H3,(H2,27,28,29,30)/t11-,13-,15-/m1/s1. The third kappa shape index (κ3) is 3.30. The van der Waals surface area contributed by atoms with Crippen LogP contribution >= 0.6 is 11.3 Å². The number of carbonyl (C=O) groups excluding carboxylic acids is 1. The van der Waals surface area contributed by atoms with Gasteiger partial charge in [-0.05, 0) is 42.9 Å². The first-order valence-electron chi connectivity index (χ1n) is 11.3. The number of benzene rings is 1. The lowest BCUT2D eigenvalue weighted by molar-refractivity contribution is 0.0600. The molecule has 0 unspecified atom stereocenters. The number of anilines is 3. The fraction of sp³-hybridized carbons (Fsp3) is 0.391. The lowest BCUT2D eigenvalue weighted by atomic mass is 10.0. The molecule has 4 heterocycles. The molecule has 3 atom stereocenters. The van der Waals surface area contributed by atoms with Crippen molar-refractivity contribution in [2.75, 3.05) is 23.9 Å². The predicted molar refractivity (Wildman–Crippen MR) is 129 cm³/mol. The first-order valence-corrected chi connectivity index (χ1v) is 12.1. The highest BCUT2D eigenvalue weighted by Gasteiger charge is 2.44. The highest BCUT2D eigenvalue weighted by molar-refractivity contribution is 7.17. The summed E-state index contributed by atoms with van der Waals surface area (Å²) < 4.78 is 19.3. The number of thiazole rings is 1. The van der Waals surface area contributed by atoms with Crippen molar-refractivity contribution >= 4 is 56.0 Å². The maximum atomic E-state index is 14.5. The van der Waals surface area contributed by atoms with E-state index in [-0.39, 0.29) is 16.9 Å². The molecular weight excluding hydrogens is 457 g/mol. The number of aryl methyl sites for hydroxylation is 1. The fourth-order valence-electron chi connectivity index (χ4n) is 5.33. The first-order chi connectivity index (χ1) is 16.4. The summed E-state index contributed by atoms with van der Waals surface area (Å²) in [6, 6.07) is 3.62. The van der Waals surface area contributed by atoms with Gasteiger partial charge in [-0.3, -0.25) is 0 Å². The van der Waals surface area contributed by atoms with E-state index in [1.807, 2.05) is 6.92 Å². The van der Waals surface area contributed by atoms with Gasteiger partial charge in [0.15, 0.2) is 0 Å². The number of fused-ring (bicyclic) bond motifs is 5. The summed E-state index contributed by atoms with van der Waals surface area (Å²) in [5, 5.41) is 5.63. The summed E-state index contributed by atoms with van der Waals surface area (Å²) in [5.74, 6) is 0.791. The highest BCUT2D eigenvalue weighted by Crippen LogP contribution is 2.43. The van der Waals surface area contributed by atoms with Crippen molar-refractivity contribution in [1.82, 2.24) is 19.9 Å². The number of rotatable bonds is 5. The number of aromatic amines is 1. The van der Waals surface area contributed by atoms with Crippen LogP contribution in [0.4, 0.5) is 21.2 Å². The summed E-state index contributed by atoms with van der Waals surface area (Å²) in [6.07, 6.45) is 4.18. The Morgan fingerprint density at radius 1 is 1.38 bits per heavy atom. The number of nitrogens with one attached hydrogen (secondary N) is 2. The van der Waals surface area contributed by atoms with Crippen molar-refractivity contribution in [2.24, 2.45) is 11.7 Å². The Kier molecular flexibility index (Phi) is 4.92. The van der Waals surface area contributed by atoms with Crippen LogP contribution in [-0.4, -0.2) is 51.6 Å². The largest absolute Gasteiger partial charge is 0.464 e. The van der Waals surface area contributed by atoms with Gasteiger partial charge in [0, 0.05) is 24.0 Å². The number of ether oxygens (including phenoxy) is 1. The Hall–Kier alpha value is -3.31. The molecule has 1 aliphatic heterocycles. The molecule has 0 spiro atoms. The molecule has 34 heavy (non-hydrogen) atoms. The zero-order valence-corrected chi connectivity index (χ0v) is 19.6. The minimum atomic E-state index is -0.496. The van der Waals surface area contributed by atoms with E-state index in [4.69, 9.17) is 20.4 Å². The second-order valence-electron chi connectivity index (χ2n) is 8.91. The molecule has 2 bridgehead atoms. The number of hydrogen-bond donors (Lipinski definition) is 3. The second kappa shape index (κ2) is 7.88. The monoisotopic (exact) mass is 481 g/mol. The van der Waals surface area contributed by atoms with Crippen molar-refractivity contribution in [3.8, 4) is 0 Å². The van der Waals surface area contributed by atoms with Crippen LogP contribution in [0.1, 0.15) is 35.1 Å². The molecule has 4 aromatic rings. The molecule has 1 saturated heterocycles. The fourth-order valence-corrected chi connectivity index (χ4v) is 6.06. The zero-order chi connectivity index (χ0) is 23.6. The molecule has 176 valence electrons. The lowest BCUT2D eigenvalue weighted by Crippen LogP contribution is -2.41. The molecule has 1 saturated carbocycles. The van der Waals surface area contributed by atoms with Gasteiger partial charge in [-0.25, -0.2) is 14.2 Å². The van der Waals surface area contributed by atoms with Crippen LogP contribution in [0.15, 0.2) is 18.3 Å². The van der Waals surface area contributed by atoms with Gasteiger partial charge >= 0.3 is 5.97 Å². The van der Waals surface area contributed by atoms with Crippen LogP contribution in [-0.2, 0) is 11.2 Å². The van der Waals surface area contributed by atoms with Crippen molar-refractivity contribution in [1.29, 1.82) is 0 Å². The van der Waals surface area contributed by atoms with Gasteiger partial charge in [0.25, 0.3) is 0 Å². The molecule has 6 rings (SSSR count). The Morgan fingerprint density at radius 2 is 2.24 bits per heavy atom. The van der Waals surface area contributed by atoms with Gasteiger partial charge in [-0.1, -0.05) is 18.3 Å². The minimum absolute atomic E-state index is 0.206. The van der Waals surface area contributed by atoms with Crippen molar-refractivity contribution in [2.45, 2.75) is 38.3 Å². The lowest BCUT2D eigenvalue weighted by Gasteiger charge is -2.31. The second-order valence-corrected chi connectivity index (χ2v) is 9.94. The Morgan fingerprint density at radius 3 is 2.94 bits per heavy atom. The number of nitrogens with zero attached hydrogens (tertiary/aromatic N) is 4. The number of halogens is 1. The molecule has 4 N–H and O–H groups in total. The van der Waals surface area contributed by atoms with Crippen molar-refractivity contribution in [3.05, 3.63) is 34.7 Å². The van der Waals surface area contributed by atoms with Crippen molar-refractivity contribution in [3.63, 3.8) is 0 Å². The van der Waals surface area contributed by atoms with E-state index in [9.17, 15) is 9.18 Å². The quantitative estimate of drug-likeness (QED) is 0.369. The summed E-state index contributed by atoms with van der Waals surface area (Å²) >= 11 is 1.16. The Labute approximate surface area is 198 Å². The number of piperidine rings is 1. The van der Waals surface area contributed by atoms with E-state index >= 15 is 0 Å². The number of H-pyrrole nitrogens is 1. The van der Waals surface area contributed by atoms with Gasteiger partial charge in [-0.15, -0.1) is 0 Å². The van der Waals surface area contributed by atoms with Crippen LogP contribution in [0.25, 0.3) is 21.9 Å². The molecule has 3 aromatic heterocycles. The topological polar surface area (TPSA) is 122 Å². The van der Waals surface area contributed by atoms with E-state index in [1.165, 1.54) is 7.11 Å². The molecular formula is C23H24FN7O2S. The molecule has 0 radical (unpaired) electrons. The third-order valence-electron chi connectivity index (χ3n) is 6.94. The highest BCUT2D eigenvalue weighted by atomic mass is 32.1. The number of esters is 1. The van der Waals surface area contributed by atoms with Crippen LogP contribution in [0.5, 0.6) is 0 Å². The first kappa shape index (κ1) is 21.2. The third-order valence-corrected chi connectivity index (χ3v) is 7.83. The summed E-state index contributed by atoms with van der Waals surface area (Å²) in [4.78, 5) is 31.2. The molecule has 2 fully saturated rings. The average molecular weight is 482 g/mol. The van der Waals surface area contributed by atoms with Crippen molar-refractivity contribution < 1.29 is 13.9 Å². The number of nitrogens with two attached hydrogens (primary N) is 1. The van der Waals surface area contributed by atoms with Gasteiger partial charge in [0.2, 0.25) is 11.0 Å². The van der Waals surface area contributed by atoms with E-state index in [1.54, 1.807) is 18.3 Å². The van der Waals surface area contributed by atoms with Crippen LogP contribution < -0.4 is 16.0 Å². The van der Waals surface area contributed by atoms with Crippen LogP contribution in [0, 0.1) is 11.7 Å². The van der Waals surface area contributed by atoms with E-state index in [0.717, 1.165) is 58.4 Å². The smallest absolute Gasteiger partial charge is 0.367 e. The van der Waals surface area contributed by atoms with E-state index in [0.29, 0.717) is 35.0 Å². The minimum Gasteiger partial charge on any atom is -0.464 e. The van der Waals surface area contributed by atoms with Gasteiger partial charge in [0.05, 0.1) is 24.2 Å². The molecule has 11 heteroatoms. The maximum absolute atomic E-state index is 14.5.